The van der Waals surface area contributed by atoms with Gasteiger partial charge < -0.3 is 30.7 Å². The smallest absolute Gasteiger partial charge is 0.408 e. The van der Waals surface area contributed by atoms with Gasteiger partial charge in [0.1, 0.15) is 23.4 Å². The zero-order valence-electron chi connectivity index (χ0n) is 23.4. The molecule has 0 aromatic heterocycles. The fraction of sp³-hybridized carbons (Fsp3) is 0.333. The number of hydrogen-bond donors (Lipinski definition) is 3. The van der Waals surface area contributed by atoms with Gasteiger partial charge in [-0.3, -0.25) is 14.4 Å². The van der Waals surface area contributed by atoms with E-state index < -0.39 is 41.5 Å². The Morgan fingerprint density at radius 1 is 1.07 bits per heavy atom. The van der Waals surface area contributed by atoms with E-state index in [9.17, 15) is 19.2 Å². The molecule has 2 unspecified atom stereocenters. The van der Waals surface area contributed by atoms with Crippen molar-refractivity contribution in [3.8, 4) is 5.75 Å². The Kier molecular flexibility index (Phi) is 11.5. The number of carbonyl (C=O) groups excluding carboxylic acids is 4. The number of anilines is 1. The third kappa shape index (κ3) is 9.61. The molecule has 40 heavy (non-hydrogen) atoms. The van der Waals surface area contributed by atoms with E-state index in [0.29, 0.717) is 17.0 Å². The zero-order chi connectivity index (χ0) is 29.9. The van der Waals surface area contributed by atoms with Crippen LogP contribution >= 0.6 is 0 Å². The summed E-state index contributed by atoms with van der Waals surface area (Å²) in [5.74, 6) is -1.16. The Labute approximate surface area is 235 Å². The number of amides is 4. The van der Waals surface area contributed by atoms with Crippen molar-refractivity contribution in [3.05, 3.63) is 78.9 Å². The maximum Gasteiger partial charge on any atom is 0.408 e. The first-order chi connectivity index (χ1) is 18.9. The molecule has 214 valence electrons. The molecule has 2 rings (SSSR count). The van der Waals surface area contributed by atoms with Crippen LogP contribution in [0, 0.1) is 0 Å². The Morgan fingerprint density at radius 3 is 2.30 bits per heavy atom. The topological polar surface area (TPSA) is 140 Å². The van der Waals surface area contributed by atoms with Gasteiger partial charge in [0.05, 0.1) is 7.11 Å². The number of ether oxygens (including phenoxy) is 2. The van der Waals surface area contributed by atoms with Crippen LogP contribution in [0.2, 0.25) is 0 Å². The highest BCUT2D eigenvalue weighted by Crippen LogP contribution is 2.27. The van der Waals surface area contributed by atoms with Crippen molar-refractivity contribution in [2.45, 2.75) is 51.3 Å². The van der Waals surface area contributed by atoms with Crippen LogP contribution in [0.25, 0.3) is 6.08 Å². The molecule has 2 atom stereocenters. The molecule has 0 radical (unpaired) electrons. The van der Waals surface area contributed by atoms with Crippen molar-refractivity contribution in [1.29, 1.82) is 0 Å². The molecule has 4 N–H and O–H groups in total. The Balaban J connectivity index is 2.53. The van der Waals surface area contributed by atoms with Crippen LogP contribution in [0.3, 0.4) is 0 Å². The quantitative estimate of drug-likeness (QED) is 0.320. The summed E-state index contributed by atoms with van der Waals surface area (Å²) in [6.07, 6.45) is 1.98. The first-order valence-corrected chi connectivity index (χ1v) is 12.7. The molecule has 2 aromatic carbocycles. The van der Waals surface area contributed by atoms with Crippen molar-refractivity contribution < 1.29 is 28.7 Å². The minimum absolute atomic E-state index is 0.0408. The van der Waals surface area contributed by atoms with Crippen LogP contribution in [-0.2, 0) is 19.1 Å². The van der Waals surface area contributed by atoms with Crippen LogP contribution in [0.5, 0.6) is 5.75 Å². The highest BCUT2D eigenvalue weighted by Gasteiger charge is 2.36. The van der Waals surface area contributed by atoms with Gasteiger partial charge in [0.25, 0.3) is 5.91 Å². The SMILES string of the molecule is C=CCN(C(=O)C(CCC(N)=O)NC(=O)OC(C)(C)C)C(C(=O)Nc1ccc(OC)cc1)c1cccc(C=C)c1. The third-order valence-electron chi connectivity index (χ3n) is 5.66. The molecule has 0 aliphatic carbocycles. The van der Waals surface area contributed by atoms with Gasteiger partial charge in [-0.2, -0.15) is 0 Å². The molecule has 0 aliphatic rings. The predicted octanol–water partition coefficient (Wildman–Crippen LogP) is 4.19. The molecule has 0 bridgehead atoms. The zero-order valence-corrected chi connectivity index (χ0v) is 23.4. The lowest BCUT2D eigenvalue weighted by Crippen LogP contribution is -2.52. The van der Waals surface area contributed by atoms with Crippen molar-refractivity contribution >= 4 is 35.6 Å². The summed E-state index contributed by atoms with van der Waals surface area (Å²) in [5, 5.41) is 5.39. The molecule has 0 saturated carbocycles. The average molecular weight is 551 g/mol. The number of rotatable bonds is 13. The predicted molar refractivity (Wildman–Crippen MR) is 154 cm³/mol. The molecular weight excluding hydrogens is 512 g/mol. The number of benzene rings is 2. The van der Waals surface area contributed by atoms with E-state index in [1.165, 1.54) is 18.1 Å². The number of alkyl carbamates (subject to hydrolysis) is 1. The summed E-state index contributed by atoms with van der Waals surface area (Å²) in [5.41, 5.74) is 6.24. The Morgan fingerprint density at radius 2 is 1.75 bits per heavy atom. The first kappa shape index (κ1) is 31.6. The summed E-state index contributed by atoms with van der Waals surface area (Å²) in [6.45, 7) is 12.6. The fourth-order valence-electron chi connectivity index (χ4n) is 3.87. The van der Waals surface area contributed by atoms with Crippen molar-refractivity contribution in [3.63, 3.8) is 0 Å². The minimum Gasteiger partial charge on any atom is -0.497 e. The standard InChI is InChI=1S/C30H38N4O6/c1-7-18-34(28(37)24(16-17-25(31)35)33-29(38)40-30(3,4)5)26(21-11-9-10-20(8-2)19-21)27(36)32-22-12-14-23(39-6)15-13-22/h7-15,19,24,26H,1-2,16-18H2,3-6H3,(H2,31,35)(H,32,36)(H,33,38). The summed E-state index contributed by atoms with van der Waals surface area (Å²) >= 11 is 0. The Hall–Kier alpha value is -4.60. The van der Waals surface area contributed by atoms with Crippen LogP contribution in [0.4, 0.5) is 10.5 Å². The summed E-state index contributed by atoms with van der Waals surface area (Å²) in [4.78, 5) is 53.3. The summed E-state index contributed by atoms with van der Waals surface area (Å²) in [7, 11) is 1.54. The molecule has 0 heterocycles. The minimum atomic E-state index is -1.21. The lowest BCUT2D eigenvalue weighted by molar-refractivity contribution is -0.140. The number of carbonyl (C=O) groups is 4. The lowest BCUT2D eigenvalue weighted by atomic mass is 9.99. The van der Waals surface area contributed by atoms with Gasteiger partial charge in [0, 0.05) is 18.7 Å². The Bertz CT molecular complexity index is 1220. The van der Waals surface area contributed by atoms with E-state index in [4.69, 9.17) is 15.2 Å². The number of primary amides is 1. The molecule has 10 heteroatoms. The van der Waals surface area contributed by atoms with E-state index in [1.54, 1.807) is 69.3 Å². The molecular formula is C30H38N4O6. The fourth-order valence-corrected chi connectivity index (χ4v) is 3.87. The molecule has 2 aromatic rings. The number of nitrogens with two attached hydrogens (primary N) is 1. The number of nitrogens with one attached hydrogen (secondary N) is 2. The van der Waals surface area contributed by atoms with Crippen LogP contribution < -0.4 is 21.1 Å². The van der Waals surface area contributed by atoms with E-state index in [1.807, 2.05) is 6.07 Å². The normalized spacial score (nSPS) is 12.3. The van der Waals surface area contributed by atoms with Crippen LogP contribution in [-0.4, -0.2) is 54.0 Å². The van der Waals surface area contributed by atoms with Crippen molar-refractivity contribution in [2.75, 3.05) is 19.0 Å². The van der Waals surface area contributed by atoms with Crippen LogP contribution in [0.15, 0.2) is 67.8 Å². The van der Waals surface area contributed by atoms with E-state index >= 15 is 0 Å². The summed E-state index contributed by atoms with van der Waals surface area (Å²) in [6, 6.07) is 11.4. The maximum absolute atomic E-state index is 14.0. The molecule has 4 amide bonds. The van der Waals surface area contributed by atoms with Gasteiger partial charge in [-0.05, 0) is 68.7 Å². The van der Waals surface area contributed by atoms with E-state index in [2.05, 4.69) is 23.8 Å². The number of hydrogen-bond acceptors (Lipinski definition) is 6. The highest BCUT2D eigenvalue weighted by atomic mass is 16.6. The molecule has 10 nitrogen and oxygen atoms in total. The first-order valence-electron chi connectivity index (χ1n) is 12.7. The molecule has 0 aliphatic heterocycles. The van der Waals surface area contributed by atoms with Gasteiger partial charge >= 0.3 is 6.09 Å². The maximum atomic E-state index is 14.0. The average Bonchev–Trinajstić information content (AvgIpc) is 2.89. The molecule has 0 saturated heterocycles. The highest BCUT2D eigenvalue weighted by molar-refractivity contribution is 5.99. The number of nitrogens with zero attached hydrogens (tertiary/aromatic N) is 1. The third-order valence-corrected chi connectivity index (χ3v) is 5.66. The van der Waals surface area contributed by atoms with Gasteiger partial charge in [0.15, 0.2) is 0 Å². The van der Waals surface area contributed by atoms with Gasteiger partial charge in [-0.15, -0.1) is 6.58 Å². The largest absolute Gasteiger partial charge is 0.497 e. The molecule has 0 fully saturated rings. The molecule has 0 spiro atoms. The monoisotopic (exact) mass is 550 g/mol. The van der Waals surface area contributed by atoms with Crippen molar-refractivity contribution in [2.24, 2.45) is 5.73 Å². The lowest BCUT2D eigenvalue weighted by Gasteiger charge is -2.34. The van der Waals surface area contributed by atoms with E-state index in [-0.39, 0.29) is 19.4 Å². The van der Waals surface area contributed by atoms with Crippen molar-refractivity contribution in [1.82, 2.24) is 10.2 Å². The summed E-state index contributed by atoms with van der Waals surface area (Å²) < 4.78 is 10.5. The van der Waals surface area contributed by atoms with E-state index in [0.717, 1.165) is 5.56 Å². The van der Waals surface area contributed by atoms with Crippen LogP contribution in [0.1, 0.15) is 50.8 Å². The van der Waals surface area contributed by atoms with Gasteiger partial charge in [-0.25, -0.2) is 4.79 Å². The van der Waals surface area contributed by atoms with Gasteiger partial charge in [-0.1, -0.05) is 36.9 Å². The second-order valence-electron chi connectivity index (χ2n) is 9.98. The van der Waals surface area contributed by atoms with Gasteiger partial charge in [0.2, 0.25) is 11.8 Å². The second kappa shape index (κ2) is 14.5. The second-order valence-corrected chi connectivity index (χ2v) is 9.98. The number of methoxy groups -OCH3 is 1.